The van der Waals surface area contributed by atoms with E-state index < -0.39 is 0 Å². The van der Waals surface area contributed by atoms with Crippen molar-refractivity contribution < 1.29 is 9.53 Å². The number of hydrogen-bond acceptors (Lipinski definition) is 4. The molecule has 1 aromatic rings. The lowest BCUT2D eigenvalue weighted by molar-refractivity contribution is -0.142. The molecule has 0 aromatic carbocycles. The molecular formula is C15H24N4O2. The summed E-state index contributed by atoms with van der Waals surface area (Å²) in [6.07, 6.45) is 8.33. The van der Waals surface area contributed by atoms with E-state index in [0.29, 0.717) is 6.04 Å². The van der Waals surface area contributed by atoms with Crippen LogP contribution < -0.4 is 5.32 Å². The van der Waals surface area contributed by atoms with Crippen LogP contribution in [0.1, 0.15) is 31.5 Å². The monoisotopic (exact) mass is 292 g/mol. The minimum Gasteiger partial charge on any atom is -0.368 e. The van der Waals surface area contributed by atoms with Crippen molar-refractivity contribution in [1.82, 2.24) is 20.2 Å². The standard InChI is InChI=1S/C15H24N4O2/c20-15(13-2-1-11-21-13)19-9-4-12(5-10-19)16-6-3-14-17-7-8-18-14/h7-8,12-13,16H,1-6,9-11H2,(H,17,18)/t13-/m0/s1. The van der Waals surface area contributed by atoms with Crippen LogP contribution in [0, 0.1) is 0 Å². The van der Waals surface area contributed by atoms with Crippen molar-refractivity contribution in [3.8, 4) is 0 Å². The van der Waals surface area contributed by atoms with Gasteiger partial charge in [0.1, 0.15) is 11.9 Å². The van der Waals surface area contributed by atoms with Crippen molar-refractivity contribution in [2.75, 3.05) is 26.2 Å². The number of nitrogens with zero attached hydrogens (tertiary/aromatic N) is 2. The molecule has 21 heavy (non-hydrogen) atoms. The van der Waals surface area contributed by atoms with Gasteiger partial charge in [-0.1, -0.05) is 0 Å². The third kappa shape index (κ3) is 3.83. The third-order valence-electron chi connectivity index (χ3n) is 4.36. The van der Waals surface area contributed by atoms with Crippen LogP contribution >= 0.6 is 0 Å². The number of carbonyl (C=O) groups is 1. The van der Waals surface area contributed by atoms with Crippen molar-refractivity contribution >= 4 is 5.91 Å². The summed E-state index contributed by atoms with van der Waals surface area (Å²) in [6.45, 7) is 3.35. The van der Waals surface area contributed by atoms with Crippen molar-refractivity contribution in [3.63, 3.8) is 0 Å². The zero-order valence-electron chi connectivity index (χ0n) is 12.4. The minimum atomic E-state index is -0.173. The van der Waals surface area contributed by atoms with Crippen molar-refractivity contribution in [1.29, 1.82) is 0 Å². The van der Waals surface area contributed by atoms with E-state index in [-0.39, 0.29) is 12.0 Å². The Balaban J connectivity index is 1.35. The van der Waals surface area contributed by atoms with E-state index in [2.05, 4.69) is 15.3 Å². The lowest BCUT2D eigenvalue weighted by Gasteiger charge is -2.33. The van der Waals surface area contributed by atoms with Crippen LogP contribution in [0.15, 0.2) is 12.4 Å². The maximum atomic E-state index is 12.2. The Morgan fingerprint density at radius 1 is 1.43 bits per heavy atom. The molecule has 0 bridgehead atoms. The largest absolute Gasteiger partial charge is 0.368 e. The number of hydrogen-bond donors (Lipinski definition) is 2. The summed E-state index contributed by atoms with van der Waals surface area (Å²) in [6, 6.07) is 0.508. The van der Waals surface area contributed by atoms with Gasteiger partial charge >= 0.3 is 0 Å². The molecular weight excluding hydrogens is 268 g/mol. The molecule has 0 radical (unpaired) electrons. The topological polar surface area (TPSA) is 70.2 Å². The van der Waals surface area contributed by atoms with Crippen LogP contribution in [0.4, 0.5) is 0 Å². The number of nitrogens with one attached hydrogen (secondary N) is 2. The summed E-state index contributed by atoms with van der Waals surface area (Å²) in [4.78, 5) is 21.5. The molecule has 3 rings (SSSR count). The Morgan fingerprint density at radius 2 is 2.29 bits per heavy atom. The molecule has 3 heterocycles. The molecule has 2 aliphatic rings. The first-order valence-corrected chi connectivity index (χ1v) is 7.95. The number of imidazole rings is 1. The minimum absolute atomic E-state index is 0.173. The lowest BCUT2D eigenvalue weighted by Crippen LogP contribution is -2.48. The molecule has 1 aromatic heterocycles. The van der Waals surface area contributed by atoms with E-state index in [1.54, 1.807) is 6.20 Å². The molecule has 116 valence electrons. The summed E-state index contributed by atoms with van der Waals surface area (Å²) in [5.41, 5.74) is 0. The molecule has 2 N–H and O–H groups in total. The van der Waals surface area contributed by atoms with Gasteiger partial charge in [-0.2, -0.15) is 0 Å². The molecule has 1 amide bonds. The molecule has 6 heteroatoms. The van der Waals surface area contributed by atoms with Gasteiger partial charge in [-0.05, 0) is 25.7 Å². The molecule has 0 spiro atoms. The Morgan fingerprint density at radius 3 is 2.95 bits per heavy atom. The number of rotatable bonds is 5. The van der Waals surface area contributed by atoms with Gasteiger partial charge in [0.05, 0.1) is 0 Å². The first kappa shape index (κ1) is 14.5. The van der Waals surface area contributed by atoms with Crippen LogP contribution in [-0.4, -0.2) is 59.2 Å². The van der Waals surface area contributed by atoms with E-state index in [9.17, 15) is 4.79 Å². The Kier molecular flexibility index (Phi) is 4.87. The number of carbonyl (C=O) groups excluding carboxylic acids is 1. The Labute approximate surface area is 125 Å². The number of ether oxygens (including phenoxy) is 1. The Bertz CT molecular complexity index is 435. The highest BCUT2D eigenvalue weighted by Gasteiger charge is 2.30. The number of aromatic amines is 1. The molecule has 1 atom stereocenters. The van der Waals surface area contributed by atoms with Crippen LogP contribution in [0.5, 0.6) is 0 Å². The SMILES string of the molecule is O=C([C@@H]1CCCO1)N1CCC(NCCc2ncc[nH]2)CC1. The van der Waals surface area contributed by atoms with Gasteiger partial charge in [-0.15, -0.1) is 0 Å². The summed E-state index contributed by atoms with van der Waals surface area (Å²) in [5.74, 6) is 1.22. The van der Waals surface area contributed by atoms with Gasteiger partial charge in [-0.25, -0.2) is 4.98 Å². The van der Waals surface area contributed by atoms with E-state index in [4.69, 9.17) is 4.74 Å². The molecule has 0 saturated carbocycles. The van der Waals surface area contributed by atoms with Crippen LogP contribution in [-0.2, 0) is 16.0 Å². The number of aromatic nitrogens is 2. The predicted octanol–water partition coefficient (Wildman–Crippen LogP) is 0.712. The molecule has 0 unspecified atom stereocenters. The smallest absolute Gasteiger partial charge is 0.251 e. The fraction of sp³-hybridized carbons (Fsp3) is 0.733. The van der Waals surface area contributed by atoms with Gasteiger partial charge in [0.15, 0.2) is 0 Å². The summed E-state index contributed by atoms with van der Waals surface area (Å²) < 4.78 is 5.48. The van der Waals surface area contributed by atoms with Gasteiger partial charge < -0.3 is 19.9 Å². The van der Waals surface area contributed by atoms with Crippen molar-refractivity contribution in [3.05, 3.63) is 18.2 Å². The number of amides is 1. The predicted molar refractivity (Wildman–Crippen MR) is 78.9 cm³/mol. The highest BCUT2D eigenvalue weighted by molar-refractivity contribution is 5.81. The van der Waals surface area contributed by atoms with E-state index in [1.165, 1.54) is 0 Å². The quantitative estimate of drug-likeness (QED) is 0.838. The van der Waals surface area contributed by atoms with Crippen LogP contribution in [0.25, 0.3) is 0 Å². The number of piperidine rings is 1. The zero-order chi connectivity index (χ0) is 14.5. The van der Waals surface area contributed by atoms with Gasteiger partial charge in [0.25, 0.3) is 5.91 Å². The van der Waals surface area contributed by atoms with Crippen molar-refractivity contribution in [2.45, 2.75) is 44.2 Å². The van der Waals surface area contributed by atoms with Crippen LogP contribution in [0.3, 0.4) is 0 Å². The molecule has 2 aliphatic heterocycles. The lowest BCUT2D eigenvalue weighted by atomic mass is 10.0. The number of likely N-dealkylation sites (tertiary alicyclic amines) is 1. The highest BCUT2D eigenvalue weighted by Crippen LogP contribution is 2.18. The molecule has 6 nitrogen and oxygen atoms in total. The molecule has 2 saturated heterocycles. The molecule has 0 aliphatic carbocycles. The number of H-pyrrole nitrogens is 1. The third-order valence-corrected chi connectivity index (χ3v) is 4.36. The Hall–Kier alpha value is -1.40. The summed E-state index contributed by atoms with van der Waals surface area (Å²) in [7, 11) is 0. The van der Waals surface area contributed by atoms with Crippen molar-refractivity contribution in [2.24, 2.45) is 0 Å². The first-order chi connectivity index (χ1) is 10.3. The fourth-order valence-corrected chi connectivity index (χ4v) is 3.11. The zero-order valence-corrected chi connectivity index (χ0v) is 12.4. The summed E-state index contributed by atoms with van der Waals surface area (Å²) >= 11 is 0. The normalized spacial score (nSPS) is 23.6. The maximum Gasteiger partial charge on any atom is 0.251 e. The maximum absolute atomic E-state index is 12.2. The second-order valence-corrected chi connectivity index (χ2v) is 5.84. The fourth-order valence-electron chi connectivity index (χ4n) is 3.11. The van der Waals surface area contributed by atoms with E-state index >= 15 is 0 Å². The van der Waals surface area contributed by atoms with E-state index in [1.807, 2.05) is 11.1 Å². The second kappa shape index (κ2) is 7.04. The average molecular weight is 292 g/mol. The first-order valence-electron chi connectivity index (χ1n) is 7.95. The second-order valence-electron chi connectivity index (χ2n) is 5.84. The van der Waals surface area contributed by atoms with Gasteiger partial charge in [-0.3, -0.25) is 4.79 Å². The average Bonchev–Trinajstić information content (AvgIpc) is 3.21. The van der Waals surface area contributed by atoms with Gasteiger partial charge in [0, 0.05) is 51.1 Å². The summed E-state index contributed by atoms with van der Waals surface area (Å²) in [5, 5.41) is 3.56. The van der Waals surface area contributed by atoms with Gasteiger partial charge in [0.2, 0.25) is 0 Å². The van der Waals surface area contributed by atoms with Crippen LogP contribution in [0.2, 0.25) is 0 Å². The molecule has 2 fully saturated rings. The highest BCUT2D eigenvalue weighted by atomic mass is 16.5. The van der Waals surface area contributed by atoms with E-state index in [0.717, 1.165) is 64.2 Å².